The Bertz CT molecular complexity index is 1440. The Morgan fingerprint density at radius 1 is 1.17 bits per heavy atom. The number of rotatable bonds is 7. The summed E-state index contributed by atoms with van der Waals surface area (Å²) in [5, 5.41) is 22.9. The lowest BCUT2D eigenvalue weighted by Crippen LogP contribution is -2.22. The van der Waals surface area contributed by atoms with E-state index in [0.717, 1.165) is 27.0 Å². The number of hydrogen-bond acceptors (Lipinski definition) is 8. The highest BCUT2D eigenvalue weighted by Gasteiger charge is 2.16. The monoisotopic (exact) mass is 509 g/mol. The molecular weight excluding hydrogens is 490 g/mol. The summed E-state index contributed by atoms with van der Waals surface area (Å²) in [6.45, 7) is 0.487. The van der Waals surface area contributed by atoms with E-state index in [0.29, 0.717) is 41.1 Å². The zero-order chi connectivity index (χ0) is 24.4. The molecule has 10 heteroatoms. The topological polar surface area (TPSA) is 113 Å². The zero-order valence-corrected chi connectivity index (χ0v) is 19.8. The van der Waals surface area contributed by atoms with E-state index in [2.05, 4.69) is 14.7 Å². The SMILES string of the molecule is O=C(O)C(CO)N=Cc1ccc2c(Nc3cccc(-c4ccc5c(c4)OCCO5)c3Cl)nsc2c1. The number of aliphatic imine (C=N–C) groups is 1. The Hall–Kier alpha value is -3.66. The van der Waals surface area contributed by atoms with E-state index in [-0.39, 0.29) is 0 Å². The Morgan fingerprint density at radius 3 is 2.80 bits per heavy atom. The fraction of sp³-hybridized carbons (Fsp3) is 0.160. The lowest BCUT2D eigenvalue weighted by molar-refractivity contribution is -0.139. The van der Waals surface area contributed by atoms with E-state index in [4.69, 9.17) is 31.3 Å². The van der Waals surface area contributed by atoms with Crippen molar-refractivity contribution in [2.75, 3.05) is 25.1 Å². The summed E-state index contributed by atoms with van der Waals surface area (Å²) < 4.78 is 16.7. The Balaban J connectivity index is 1.40. The van der Waals surface area contributed by atoms with Gasteiger partial charge in [-0.2, -0.15) is 4.37 Å². The van der Waals surface area contributed by atoms with Crippen LogP contribution in [0.2, 0.25) is 5.02 Å². The lowest BCUT2D eigenvalue weighted by atomic mass is 10.0. The minimum atomic E-state index is -1.19. The van der Waals surface area contributed by atoms with E-state index in [1.54, 1.807) is 0 Å². The molecule has 35 heavy (non-hydrogen) atoms. The highest BCUT2D eigenvalue weighted by molar-refractivity contribution is 7.13. The van der Waals surface area contributed by atoms with Gasteiger partial charge < -0.3 is 25.0 Å². The smallest absolute Gasteiger partial charge is 0.330 e. The van der Waals surface area contributed by atoms with Crippen molar-refractivity contribution in [1.82, 2.24) is 4.37 Å². The van der Waals surface area contributed by atoms with Crippen LogP contribution in [0.15, 0.2) is 59.6 Å². The van der Waals surface area contributed by atoms with Crippen LogP contribution in [0.3, 0.4) is 0 Å². The van der Waals surface area contributed by atoms with Crippen LogP contribution in [0.25, 0.3) is 21.2 Å². The largest absolute Gasteiger partial charge is 0.486 e. The number of carboxylic acids is 1. The molecule has 5 rings (SSSR count). The molecule has 0 fully saturated rings. The molecule has 8 nitrogen and oxygen atoms in total. The molecule has 1 aliphatic heterocycles. The van der Waals surface area contributed by atoms with E-state index in [9.17, 15) is 4.79 Å². The van der Waals surface area contributed by atoms with Gasteiger partial charge in [0.05, 0.1) is 22.0 Å². The molecule has 2 heterocycles. The molecule has 0 bridgehead atoms. The Kier molecular flexibility index (Phi) is 6.54. The fourth-order valence-electron chi connectivity index (χ4n) is 3.68. The van der Waals surface area contributed by atoms with E-state index in [1.807, 2.05) is 54.6 Å². The number of benzene rings is 3. The van der Waals surface area contributed by atoms with Crippen molar-refractivity contribution in [3.63, 3.8) is 0 Å². The van der Waals surface area contributed by atoms with Crippen molar-refractivity contribution in [3.05, 3.63) is 65.2 Å². The summed E-state index contributed by atoms with van der Waals surface area (Å²) in [5.41, 5.74) is 3.19. The number of nitrogens with zero attached hydrogens (tertiary/aromatic N) is 2. The van der Waals surface area contributed by atoms with Gasteiger partial charge in [0.2, 0.25) is 0 Å². The molecule has 1 aliphatic rings. The third-order valence-electron chi connectivity index (χ3n) is 5.46. The summed E-state index contributed by atoms with van der Waals surface area (Å²) in [6.07, 6.45) is 1.44. The number of anilines is 2. The number of aliphatic hydroxyl groups is 1. The van der Waals surface area contributed by atoms with Crippen LogP contribution in [0.1, 0.15) is 5.56 Å². The number of halogens is 1. The predicted molar refractivity (Wildman–Crippen MR) is 137 cm³/mol. The van der Waals surface area contributed by atoms with Crippen molar-refractivity contribution >= 4 is 56.9 Å². The van der Waals surface area contributed by atoms with Gasteiger partial charge in [-0.05, 0) is 53.0 Å². The normalized spacial score (nSPS) is 13.8. The van der Waals surface area contributed by atoms with Gasteiger partial charge in [-0.1, -0.05) is 35.9 Å². The molecule has 1 atom stereocenters. The van der Waals surface area contributed by atoms with Crippen molar-refractivity contribution in [2.45, 2.75) is 6.04 Å². The summed E-state index contributed by atoms with van der Waals surface area (Å²) in [5.74, 6) is 0.901. The molecule has 3 N–H and O–H groups in total. The van der Waals surface area contributed by atoms with Crippen molar-refractivity contribution < 1.29 is 24.5 Å². The van der Waals surface area contributed by atoms with E-state index in [1.165, 1.54) is 17.7 Å². The second-order valence-electron chi connectivity index (χ2n) is 7.75. The van der Waals surface area contributed by atoms with Crippen LogP contribution in [0.4, 0.5) is 11.5 Å². The Labute approximate surface area is 209 Å². The standard InChI is InChI=1S/C25H20ClN3O5S/c26-23-16(15-5-7-20-21(11-15)34-9-8-33-20)2-1-3-18(23)28-24-17-6-4-14(10-22(17)35-29-24)12-27-19(13-30)25(31)32/h1-7,10-12,19,30H,8-9,13H2,(H,28,29)(H,31,32). The van der Waals surface area contributed by atoms with Gasteiger partial charge in [0, 0.05) is 17.2 Å². The summed E-state index contributed by atoms with van der Waals surface area (Å²) in [6, 6.07) is 15.9. The van der Waals surface area contributed by atoms with Gasteiger partial charge in [-0.15, -0.1) is 0 Å². The van der Waals surface area contributed by atoms with Crippen LogP contribution in [0, 0.1) is 0 Å². The van der Waals surface area contributed by atoms with E-state index < -0.39 is 18.6 Å². The Morgan fingerprint density at radius 2 is 2.00 bits per heavy atom. The first-order valence-electron chi connectivity index (χ1n) is 10.8. The molecule has 0 amide bonds. The summed E-state index contributed by atoms with van der Waals surface area (Å²) >= 11 is 8.09. The number of aliphatic hydroxyl groups excluding tert-OH is 1. The quantitative estimate of drug-likeness (QED) is 0.300. The summed E-state index contributed by atoms with van der Waals surface area (Å²) in [7, 11) is 0. The van der Waals surface area contributed by atoms with E-state index >= 15 is 0 Å². The lowest BCUT2D eigenvalue weighted by Gasteiger charge is -2.19. The average Bonchev–Trinajstić information content (AvgIpc) is 3.27. The number of hydrogen-bond donors (Lipinski definition) is 3. The number of carboxylic acid groups (broad SMARTS) is 1. The number of fused-ring (bicyclic) bond motifs is 2. The van der Waals surface area contributed by atoms with Crippen molar-refractivity contribution in [1.29, 1.82) is 0 Å². The minimum absolute atomic E-state index is 0.512. The van der Waals surface area contributed by atoms with Crippen molar-refractivity contribution in [2.24, 2.45) is 4.99 Å². The maximum absolute atomic E-state index is 11.0. The molecule has 0 aliphatic carbocycles. The fourth-order valence-corrected chi connectivity index (χ4v) is 4.75. The zero-order valence-electron chi connectivity index (χ0n) is 18.3. The minimum Gasteiger partial charge on any atom is -0.486 e. The highest BCUT2D eigenvalue weighted by atomic mass is 35.5. The molecule has 3 aromatic carbocycles. The van der Waals surface area contributed by atoms with Crippen LogP contribution in [-0.4, -0.2) is 52.6 Å². The van der Waals surface area contributed by atoms with Gasteiger partial charge in [-0.3, -0.25) is 4.99 Å². The maximum atomic E-state index is 11.0. The average molecular weight is 510 g/mol. The predicted octanol–water partition coefficient (Wildman–Crippen LogP) is 5.00. The number of carbonyl (C=O) groups is 1. The van der Waals surface area contributed by atoms with Gasteiger partial charge in [0.1, 0.15) is 13.2 Å². The number of ether oxygens (including phenoxy) is 2. The van der Waals surface area contributed by atoms with Crippen LogP contribution in [0.5, 0.6) is 11.5 Å². The number of aliphatic carboxylic acids is 1. The van der Waals surface area contributed by atoms with Crippen molar-refractivity contribution in [3.8, 4) is 22.6 Å². The second kappa shape index (κ2) is 9.91. The molecule has 0 radical (unpaired) electrons. The van der Waals surface area contributed by atoms with Crippen LogP contribution >= 0.6 is 23.1 Å². The van der Waals surface area contributed by atoms with Gasteiger partial charge in [0.25, 0.3) is 0 Å². The second-order valence-corrected chi connectivity index (χ2v) is 8.94. The van der Waals surface area contributed by atoms with Crippen LogP contribution in [-0.2, 0) is 4.79 Å². The number of aromatic nitrogens is 1. The molecule has 0 saturated carbocycles. The van der Waals surface area contributed by atoms with Crippen LogP contribution < -0.4 is 14.8 Å². The first-order valence-corrected chi connectivity index (χ1v) is 11.9. The molecule has 178 valence electrons. The van der Waals surface area contributed by atoms with Gasteiger partial charge >= 0.3 is 5.97 Å². The molecule has 1 aromatic heterocycles. The van der Waals surface area contributed by atoms with Gasteiger partial charge in [0.15, 0.2) is 23.4 Å². The summed E-state index contributed by atoms with van der Waals surface area (Å²) in [4.78, 5) is 15.0. The maximum Gasteiger partial charge on any atom is 0.330 e. The highest BCUT2D eigenvalue weighted by Crippen LogP contribution is 2.40. The molecular formula is C25H20ClN3O5S. The third-order valence-corrected chi connectivity index (χ3v) is 6.68. The first kappa shape index (κ1) is 23.1. The first-order chi connectivity index (χ1) is 17.0. The molecule has 4 aromatic rings. The molecule has 1 unspecified atom stereocenters. The number of nitrogens with one attached hydrogen (secondary N) is 1. The molecule has 0 saturated heterocycles. The molecule has 0 spiro atoms. The third kappa shape index (κ3) is 4.79. The van der Waals surface area contributed by atoms with Gasteiger partial charge in [-0.25, -0.2) is 4.79 Å².